The van der Waals surface area contributed by atoms with Gasteiger partial charge in [0.05, 0.1) is 6.61 Å². The second-order valence-electron chi connectivity index (χ2n) is 4.22. The average molecular weight is 314 g/mol. The maximum absolute atomic E-state index is 13.4. The Kier molecular flexibility index (Phi) is 4.61. The monoisotopic (exact) mass is 314 g/mol. The van der Waals surface area contributed by atoms with Crippen LogP contribution in [0.4, 0.5) is 8.78 Å². The van der Waals surface area contributed by atoms with E-state index in [1.165, 1.54) is 18.3 Å². The van der Waals surface area contributed by atoms with E-state index in [4.69, 9.17) is 5.11 Å². The van der Waals surface area contributed by atoms with E-state index >= 15 is 0 Å². The molecule has 0 aliphatic heterocycles. The first-order valence-corrected chi connectivity index (χ1v) is 7.40. The first-order chi connectivity index (χ1) is 9.92. The van der Waals surface area contributed by atoms with Crippen LogP contribution >= 0.6 is 0 Å². The van der Waals surface area contributed by atoms with E-state index in [1.54, 1.807) is 0 Å². The summed E-state index contributed by atoms with van der Waals surface area (Å²) in [5.74, 6) is -1.57. The zero-order valence-corrected chi connectivity index (χ0v) is 11.6. The lowest BCUT2D eigenvalue weighted by molar-refractivity contribution is 0.281. The van der Waals surface area contributed by atoms with Gasteiger partial charge in [-0.1, -0.05) is 12.1 Å². The van der Waals surface area contributed by atoms with Crippen molar-refractivity contribution in [3.63, 3.8) is 0 Å². The van der Waals surface area contributed by atoms with Crippen molar-refractivity contribution in [3.8, 4) is 0 Å². The van der Waals surface area contributed by atoms with Crippen LogP contribution in [-0.4, -0.2) is 18.5 Å². The summed E-state index contributed by atoms with van der Waals surface area (Å²) in [6.45, 7) is -0.570. The molecule has 0 aliphatic carbocycles. The van der Waals surface area contributed by atoms with Gasteiger partial charge in [0.2, 0.25) is 0 Å². The fraction of sp³-hybridized carbons (Fsp3) is 0.154. The van der Waals surface area contributed by atoms with Gasteiger partial charge in [0, 0.05) is 24.4 Å². The molecule has 1 heterocycles. The van der Waals surface area contributed by atoms with Crippen molar-refractivity contribution in [1.82, 2.24) is 9.71 Å². The Morgan fingerprint density at radius 3 is 2.52 bits per heavy atom. The number of hydrogen-bond donors (Lipinski definition) is 2. The lowest BCUT2D eigenvalue weighted by Gasteiger charge is -2.07. The Morgan fingerprint density at radius 2 is 1.95 bits per heavy atom. The molecular weight excluding hydrogens is 302 g/mol. The van der Waals surface area contributed by atoms with E-state index in [0.717, 1.165) is 12.1 Å². The summed E-state index contributed by atoms with van der Waals surface area (Å²) in [4.78, 5) is 3.71. The van der Waals surface area contributed by atoms with Gasteiger partial charge in [-0.25, -0.2) is 26.9 Å². The number of aliphatic hydroxyl groups excluding tert-OH is 1. The SMILES string of the molecule is O=S(=O)(NCc1ccc(F)cc1F)c1ccc(CO)cn1. The predicted molar refractivity (Wildman–Crippen MR) is 70.5 cm³/mol. The van der Waals surface area contributed by atoms with Crippen LogP contribution in [0.5, 0.6) is 0 Å². The summed E-state index contributed by atoms with van der Waals surface area (Å²) in [5.41, 5.74) is 0.491. The normalized spacial score (nSPS) is 11.6. The maximum atomic E-state index is 13.4. The first kappa shape index (κ1) is 15.5. The van der Waals surface area contributed by atoms with E-state index < -0.39 is 21.7 Å². The van der Waals surface area contributed by atoms with Crippen LogP contribution in [0.3, 0.4) is 0 Å². The highest BCUT2D eigenvalue weighted by molar-refractivity contribution is 7.89. The molecule has 1 aromatic heterocycles. The minimum absolute atomic E-state index is 0.0203. The molecule has 21 heavy (non-hydrogen) atoms. The first-order valence-electron chi connectivity index (χ1n) is 5.92. The van der Waals surface area contributed by atoms with Crippen molar-refractivity contribution in [2.24, 2.45) is 0 Å². The van der Waals surface area contributed by atoms with Gasteiger partial charge in [-0.2, -0.15) is 0 Å². The Balaban J connectivity index is 2.13. The summed E-state index contributed by atoms with van der Waals surface area (Å²) in [6, 6.07) is 5.53. The standard InChI is InChI=1S/C13H12F2N2O3S/c14-11-3-2-10(12(15)5-11)7-17-21(19,20)13-4-1-9(8-18)6-16-13/h1-6,17-18H,7-8H2. The highest BCUT2D eigenvalue weighted by Crippen LogP contribution is 2.11. The highest BCUT2D eigenvalue weighted by Gasteiger charge is 2.16. The number of halogens is 2. The van der Waals surface area contributed by atoms with Crippen molar-refractivity contribution < 1.29 is 22.3 Å². The summed E-state index contributed by atoms with van der Waals surface area (Å²) in [5, 5.41) is 8.61. The molecule has 0 aliphatic rings. The zero-order chi connectivity index (χ0) is 15.5. The Labute approximate surface area is 120 Å². The molecule has 0 atom stereocenters. The second kappa shape index (κ2) is 6.25. The van der Waals surface area contributed by atoms with Crippen LogP contribution in [-0.2, 0) is 23.2 Å². The molecule has 0 saturated carbocycles. The topological polar surface area (TPSA) is 79.3 Å². The smallest absolute Gasteiger partial charge is 0.258 e. The molecule has 1 aromatic carbocycles. The lowest BCUT2D eigenvalue weighted by Crippen LogP contribution is -2.24. The van der Waals surface area contributed by atoms with Crippen LogP contribution in [0.1, 0.15) is 11.1 Å². The van der Waals surface area contributed by atoms with Gasteiger partial charge in [-0.3, -0.25) is 0 Å². The summed E-state index contributed by atoms with van der Waals surface area (Å²) in [6.07, 6.45) is 1.23. The van der Waals surface area contributed by atoms with Crippen molar-refractivity contribution in [1.29, 1.82) is 0 Å². The number of rotatable bonds is 5. The van der Waals surface area contributed by atoms with Gasteiger partial charge in [-0.15, -0.1) is 0 Å². The van der Waals surface area contributed by atoms with Gasteiger partial charge in [-0.05, 0) is 17.7 Å². The molecule has 0 radical (unpaired) electrons. The molecule has 0 unspecified atom stereocenters. The predicted octanol–water partition coefficient (Wildman–Crippen LogP) is 1.33. The van der Waals surface area contributed by atoms with Gasteiger partial charge in [0.1, 0.15) is 11.6 Å². The Hall–Kier alpha value is -1.90. The number of benzene rings is 1. The molecule has 0 bridgehead atoms. The molecule has 2 aromatic rings. The second-order valence-corrected chi connectivity index (χ2v) is 5.94. The van der Waals surface area contributed by atoms with Crippen LogP contribution < -0.4 is 4.72 Å². The van der Waals surface area contributed by atoms with Gasteiger partial charge < -0.3 is 5.11 Å². The highest BCUT2D eigenvalue weighted by atomic mass is 32.2. The fourth-order valence-corrected chi connectivity index (χ4v) is 2.51. The largest absolute Gasteiger partial charge is 0.392 e. The molecule has 8 heteroatoms. The minimum Gasteiger partial charge on any atom is -0.392 e. The van der Waals surface area contributed by atoms with Crippen molar-refractivity contribution >= 4 is 10.0 Å². The third kappa shape index (κ3) is 3.81. The molecule has 5 nitrogen and oxygen atoms in total. The van der Waals surface area contributed by atoms with E-state index in [0.29, 0.717) is 11.6 Å². The average Bonchev–Trinajstić information content (AvgIpc) is 2.46. The maximum Gasteiger partial charge on any atom is 0.258 e. The number of aliphatic hydroxyl groups is 1. The molecule has 0 amide bonds. The molecule has 0 spiro atoms. The molecule has 112 valence electrons. The van der Waals surface area contributed by atoms with Gasteiger partial charge in [0.15, 0.2) is 5.03 Å². The molecule has 2 N–H and O–H groups in total. The van der Waals surface area contributed by atoms with Gasteiger partial charge >= 0.3 is 0 Å². The minimum atomic E-state index is -3.91. The number of pyridine rings is 1. The van der Waals surface area contributed by atoms with Crippen LogP contribution in [0.25, 0.3) is 0 Å². The third-order valence-corrected chi connectivity index (χ3v) is 4.04. The molecule has 2 rings (SSSR count). The number of aromatic nitrogens is 1. The number of nitrogens with one attached hydrogen (secondary N) is 1. The van der Waals surface area contributed by atoms with Crippen LogP contribution in [0.2, 0.25) is 0 Å². The number of hydrogen-bond acceptors (Lipinski definition) is 4. The van der Waals surface area contributed by atoms with E-state index in [1.807, 2.05) is 0 Å². The summed E-state index contributed by atoms with van der Waals surface area (Å²) in [7, 11) is -3.91. The number of sulfonamides is 1. The van der Waals surface area contributed by atoms with Crippen molar-refractivity contribution in [2.75, 3.05) is 0 Å². The molecule has 0 fully saturated rings. The molecule has 0 saturated heterocycles. The van der Waals surface area contributed by atoms with E-state index in [-0.39, 0.29) is 23.7 Å². The summed E-state index contributed by atoms with van der Waals surface area (Å²) >= 11 is 0. The number of nitrogens with zero attached hydrogens (tertiary/aromatic N) is 1. The van der Waals surface area contributed by atoms with E-state index in [9.17, 15) is 17.2 Å². The lowest BCUT2D eigenvalue weighted by atomic mass is 10.2. The van der Waals surface area contributed by atoms with Crippen molar-refractivity contribution in [2.45, 2.75) is 18.2 Å². The quantitative estimate of drug-likeness (QED) is 0.872. The molecular formula is C13H12F2N2O3S. The van der Waals surface area contributed by atoms with Crippen molar-refractivity contribution in [3.05, 3.63) is 59.3 Å². The zero-order valence-electron chi connectivity index (χ0n) is 10.8. The Bertz CT molecular complexity index is 734. The van der Waals surface area contributed by atoms with Crippen LogP contribution in [0.15, 0.2) is 41.6 Å². The summed E-state index contributed by atoms with van der Waals surface area (Å²) < 4.78 is 52.2. The Morgan fingerprint density at radius 1 is 1.19 bits per heavy atom. The van der Waals surface area contributed by atoms with Gasteiger partial charge in [0.25, 0.3) is 10.0 Å². The fourth-order valence-electron chi connectivity index (χ4n) is 1.58. The van der Waals surface area contributed by atoms with E-state index in [2.05, 4.69) is 9.71 Å². The van der Waals surface area contributed by atoms with Crippen LogP contribution in [0, 0.1) is 11.6 Å². The third-order valence-electron chi connectivity index (χ3n) is 2.72.